The van der Waals surface area contributed by atoms with E-state index in [-0.39, 0.29) is 31.2 Å². The molecule has 0 bridgehead atoms. The van der Waals surface area contributed by atoms with Gasteiger partial charge in [-0.2, -0.15) is 0 Å². The molecule has 10 nitrogen and oxygen atoms in total. The van der Waals surface area contributed by atoms with Crippen molar-refractivity contribution in [3.8, 4) is 17.2 Å². The van der Waals surface area contributed by atoms with Crippen LogP contribution in [0.4, 0.5) is 0 Å². The Labute approximate surface area is 264 Å². The molecule has 1 aliphatic carbocycles. The average molecular weight is 707 g/mol. The largest absolute Gasteiger partial charge is 0.493 e. The molecular formula is C32H35IO10. The standard InChI is InChI=1S/C32H35IO10/c1-3-29(34)40-19-5-17-38-24-11-7-22(8-12-24)31(36)42-26-15-16-28(27(33)21-26)43-32(37)23-9-13-25(14-10-23)39-18-6-20-41-30(35)4-2/h3-4,9-10,13-16,21-22,24H,1-2,5-8,11-12,17-20H2. The highest BCUT2D eigenvalue weighted by Gasteiger charge is 2.28. The smallest absolute Gasteiger partial charge is 0.343 e. The predicted octanol–water partition coefficient (Wildman–Crippen LogP) is 5.61. The lowest BCUT2D eigenvalue weighted by Crippen LogP contribution is -2.29. The van der Waals surface area contributed by atoms with Crippen molar-refractivity contribution in [1.29, 1.82) is 0 Å². The summed E-state index contributed by atoms with van der Waals surface area (Å²) in [6.07, 6.45) is 6.24. The van der Waals surface area contributed by atoms with Crippen molar-refractivity contribution < 1.29 is 47.6 Å². The monoisotopic (exact) mass is 706 g/mol. The van der Waals surface area contributed by atoms with E-state index in [1.54, 1.807) is 42.5 Å². The summed E-state index contributed by atoms with van der Waals surface area (Å²) in [5, 5.41) is 0. The van der Waals surface area contributed by atoms with Crippen LogP contribution in [0.25, 0.3) is 0 Å². The normalized spacial score (nSPS) is 15.9. The van der Waals surface area contributed by atoms with E-state index in [0.717, 1.165) is 25.0 Å². The minimum absolute atomic E-state index is 0.0680. The summed E-state index contributed by atoms with van der Waals surface area (Å²) < 4.78 is 33.0. The molecule has 0 amide bonds. The van der Waals surface area contributed by atoms with Crippen molar-refractivity contribution in [2.24, 2.45) is 5.92 Å². The average Bonchev–Trinajstić information content (AvgIpc) is 3.02. The van der Waals surface area contributed by atoms with Crippen LogP contribution in [0.1, 0.15) is 48.9 Å². The first-order valence-corrected chi connectivity index (χ1v) is 15.0. The Bertz CT molecular complexity index is 1270. The molecule has 0 aromatic heterocycles. The summed E-state index contributed by atoms with van der Waals surface area (Å²) in [5.41, 5.74) is 0.342. The lowest BCUT2D eigenvalue weighted by molar-refractivity contribution is -0.141. The zero-order chi connectivity index (χ0) is 31.0. The molecule has 43 heavy (non-hydrogen) atoms. The van der Waals surface area contributed by atoms with Crippen molar-refractivity contribution in [3.05, 3.63) is 76.9 Å². The lowest BCUT2D eigenvalue weighted by Gasteiger charge is -2.27. The van der Waals surface area contributed by atoms with Gasteiger partial charge in [-0.1, -0.05) is 13.2 Å². The second-order valence-electron chi connectivity index (χ2n) is 9.57. The van der Waals surface area contributed by atoms with Crippen molar-refractivity contribution in [2.75, 3.05) is 26.4 Å². The van der Waals surface area contributed by atoms with Crippen LogP contribution in [0.15, 0.2) is 67.8 Å². The maximum Gasteiger partial charge on any atom is 0.343 e. The Morgan fingerprint density at radius 3 is 1.98 bits per heavy atom. The van der Waals surface area contributed by atoms with Crippen molar-refractivity contribution in [1.82, 2.24) is 0 Å². The topological polar surface area (TPSA) is 124 Å². The van der Waals surface area contributed by atoms with Crippen LogP contribution < -0.4 is 14.2 Å². The van der Waals surface area contributed by atoms with Gasteiger partial charge in [0.2, 0.25) is 0 Å². The molecule has 0 atom stereocenters. The first-order chi connectivity index (χ1) is 20.8. The number of hydrogen-bond donors (Lipinski definition) is 0. The first-order valence-electron chi connectivity index (χ1n) is 13.9. The minimum atomic E-state index is -0.540. The van der Waals surface area contributed by atoms with E-state index in [2.05, 4.69) is 13.2 Å². The molecule has 2 aromatic carbocycles. The third-order valence-electron chi connectivity index (χ3n) is 6.44. The first kappa shape index (κ1) is 33.8. The van der Waals surface area contributed by atoms with Crippen LogP contribution in [0.5, 0.6) is 17.2 Å². The molecule has 0 N–H and O–H groups in total. The SMILES string of the molecule is C=CC(=O)OCCCOc1ccc(C(=O)Oc2ccc(OC(=O)C3CCC(OCCCOC(=O)C=C)CC3)cc2I)cc1. The summed E-state index contributed by atoms with van der Waals surface area (Å²) in [7, 11) is 0. The number of esters is 4. The van der Waals surface area contributed by atoms with E-state index in [9.17, 15) is 19.2 Å². The number of halogens is 1. The minimum Gasteiger partial charge on any atom is -0.493 e. The van der Waals surface area contributed by atoms with Crippen molar-refractivity contribution in [2.45, 2.75) is 44.6 Å². The number of hydrogen-bond acceptors (Lipinski definition) is 10. The summed E-state index contributed by atoms with van der Waals surface area (Å²) in [5.74, 6) is -0.689. The van der Waals surface area contributed by atoms with Crippen molar-refractivity contribution in [3.63, 3.8) is 0 Å². The highest BCUT2D eigenvalue weighted by Crippen LogP contribution is 2.30. The van der Waals surface area contributed by atoms with Crippen LogP contribution >= 0.6 is 22.6 Å². The van der Waals surface area contributed by atoms with Crippen LogP contribution in [-0.2, 0) is 28.6 Å². The highest BCUT2D eigenvalue weighted by atomic mass is 127. The third kappa shape index (κ3) is 11.8. The fourth-order valence-electron chi connectivity index (χ4n) is 4.16. The number of ether oxygens (including phenoxy) is 6. The Balaban J connectivity index is 1.38. The maximum atomic E-state index is 12.7. The Morgan fingerprint density at radius 2 is 1.37 bits per heavy atom. The number of rotatable bonds is 16. The molecule has 0 aliphatic heterocycles. The van der Waals surface area contributed by atoms with Gasteiger partial charge in [0, 0.05) is 25.0 Å². The van der Waals surface area contributed by atoms with Gasteiger partial charge in [-0.05, 0) is 90.7 Å². The number of carbonyl (C=O) groups excluding carboxylic acids is 4. The highest BCUT2D eigenvalue weighted by molar-refractivity contribution is 14.1. The van der Waals surface area contributed by atoms with Crippen LogP contribution in [-0.4, -0.2) is 56.4 Å². The second-order valence-corrected chi connectivity index (χ2v) is 10.7. The summed E-state index contributed by atoms with van der Waals surface area (Å²) in [6.45, 7) is 8.02. The maximum absolute atomic E-state index is 12.7. The molecule has 0 spiro atoms. The molecule has 2 aromatic rings. The van der Waals surface area contributed by atoms with E-state index >= 15 is 0 Å². The molecule has 230 valence electrons. The third-order valence-corrected chi connectivity index (χ3v) is 7.29. The molecule has 0 radical (unpaired) electrons. The molecule has 0 saturated heterocycles. The summed E-state index contributed by atoms with van der Waals surface area (Å²) in [4.78, 5) is 47.5. The summed E-state index contributed by atoms with van der Waals surface area (Å²) >= 11 is 2.03. The van der Waals surface area contributed by atoms with Gasteiger partial charge in [0.05, 0.1) is 47.6 Å². The Kier molecular flexibility index (Phi) is 14.2. The fourth-order valence-corrected chi connectivity index (χ4v) is 4.76. The second kappa shape index (κ2) is 18.1. The molecule has 1 aliphatic rings. The molecular weight excluding hydrogens is 671 g/mol. The van der Waals surface area contributed by atoms with Gasteiger partial charge in [-0.3, -0.25) is 4.79 Å². The Hall–Kier alpha value is -3.71. The van der Waals surface area contributed by atoms with Gasteiger partial charge < -0.3 is 28.4 Å². The fraction of sp³-hybridized carbons (Fsp3) is 0.375. The lowest BCUT2D eigenvalue weighted by atomic mass is 9.87. The van der Waals surface area contributed by atoms with Crippen LogP contribution in [0.2, 0.25) is 0 Å². The van der Waals surface area contributed by atoms with Gasteiger partial charge in [0.15, 0.2) is 0 Å². The van der Waals surface area contributed by atoms with Crippen LogP contribution in [0.3, 0.4) is 0 Å². The van der Waals surface area contributed by atoms with Gasteiger partial charge in [0.1, 0.15) is 17.2 Å². The van der Waals surface area contributed by atoms with Gasteiger partial charge >= 0.3 is 23.9 Å². The molecule has 1 fully saturated rings. The van der Waals surface area contributed by atoms with E-state index in [0.29, 0.717) is 65.3 Å². The van der Waals surface area contributed by atoms with E-state index < -0.39 is 17.9 Å². The van der Waals surface area contributed by atoms with E-state index in [1.165, 1.54) is 0 Å². The van der Waals surface area contributed by atoms with E-state index in [4.69, 9.17) is 28.4 Å². The zero-order valence-electron chi connectivity index (χ0n) is 23.8. The Morgan fingerprint density at radius 1 is 0.767 bits per heavy atom. The van der Waals surface area contributed by atoms with Gasteiger partial charge in [-0.25, -0.2) is 14.4 Å². The van der Waals surface area contributed by atoms with Gasteiger partial charge in [-0.15, -0.1) is 0 Å². The molecule has 3 rings (SSSR count). The van der Waals surface area contributed by atoms with E-state index in [1.807, 2.05) is 22.6 Å². The summed E-state index contributed by atoms with van der Waals surface area (Å²) in [6, 6.07) is 11.3. The van der Waals surface area contributed by atoms with Crippen molar-refractivity contribution >= 4 is 46.5 Å². The molecule has 1 saturated carbocycles. The zero-order valence-corrected chi connectivity index (χ0v) is 26.0. The predicted molar refractivity (Wildman–Crippen MR) is 165 cm³/mol. The number of benzene rings is 2. The molecule has 11 heteroatoms. The van der Waals surface area contributed by atoms with Crippen LogP contribution in [0, 0.1) is 9.49 Å². The molecule has 0 unspecified atom stereocenters. The molecule has 0 heterocycles. The quantitative estimate of drug-likeness (QED) is 0.0716. The number of carbonyl (C=O) groups is 4. The van der Waals surface area contributed by atoms with Gasteiger partial charge in [0.25, 0.3) is 0 Å².